The van der Waals surface area contributed by atoms with Gasteiger partial charge in [-0.15, -0.1) is 6.58 Å². The van der Waals surface area contributed by atoms with Gasteiger partial charge in [-0.05, 0) is 0 Å². The third kappa shape index (κ3) is 1.89. The van der Waals surface area contributed by atoms with Crippen molar-refractivity contribution in [2.24, 2.45) is 0 Å². The fourth-order valence-corrected chi connectivity index (χ4v) is 3.40. The van der Waals surface area contributed by atoms with E-state index in [1.807, 2.05) is 30.3 Å². The average Bonchev–Trinajstić information content (AvgIpc) is 2.56. The predicted octanol–water partition coefficient (Wildman–Crippen LogP) is 0.286. The van der Waals surface area contributed by atoms with E-state index in [4.69, 9.17) is 18.9 Å². The summed E-state index contributed by atoms with van der Waals surface area (Å²) in [7, 11) is 0. The lowest BCUT2D eigenvalue weighted by molar-refractivity contribution is -0.549. The Labute approximate surface area is 127 Å². The van der Waals surface area contributed by atoms with E-state index in [1.54, 1.807) is 6.08 Å². The molecule has 0 aromatic heterocycles. The summed E-state index contributed by atoms with van der Waals surface area (Å²) in [6.07, 6.45) is -2.92. The fourth-order valence-electron chi connectivity index (χ4n) is 3.40. The summed E-state index contributed by atoms with van der Waals surface area (Å²) < 4.78 is 23.2. The molecule has 4 fully saturated rings. The molecule has 6 nitrogen and oxygen atoms in total. The third-order valence-electron chi connectivity index (χ3n) is 4.40. The lowest BCUT2D eigenvalue weighted by Gasteiger charge is -2.61. The summed E-state index contributed by atoms with van der Waals surface area (Å²) >= 11 is 0. The first-order chi connectivity index (χ1) is 10.7. The molecule has 3 aliphatic heterocycles. The van der Waals surface area contributed by atoms with Crippen molar-refractivity contribution >= 4 is 0 Å². The van der Waals surface area contributed by atoms with Crippen molar-refractivity contribution in [1.29, 1.82) is 0 Å². The van der Waals surface area contributed by atoms with Crippen LogP contribution in [-0.4, -0.2) is 53.4 Å². The maximum atomic E-state index is 10.4. The van der Waals surface area contributed by atoms with Crippen LogP contribution in [0.1, 0.15) is 5.56 Å². The molecule has 4 bridgehead atoms. The minimum Gasteiger partial charge on any atom is -0.387 e. The van der Waals surface area contributed by atoms with Crippen LogP contribution in [0.3, 0.4) is 0 Å². The molecule has 0 radical (unpaired) electrons. The van der Waals surface area contributed by atoms with E-state index in [2.05, 4.69) is 6.58 Å². The van der Waals surface area contributed by atoms with Crippen LogP contribution >= 0.6 is 0 Å². The molecule has 3 saturated heterocycles. The van der Waals surface area contributed by atoms with Crippen LogP contribution in [-0.2, 0) is 24.9 Å². The number of rotatable bonds is 4. The average molecular weight is 306 g/mol. The van der Waals surface area contributed by atoms with Crippen LogP contribution in [0.15, 0.2) is 43.0 Å². The highest BCUT2D eigenvalue weighted by Gasteiger charge is 2.68. The standard InChI is InChI=1S/C16H18O6/c1-2-8-19-15-13-10(17)12-11(18)14(15)22-16(20-12,21-13)9-6-4-3-5-7-9/h2-7,10-15,17-18H,1,8H2/t10-,11-,12?,13-,14+,15?,16?/m0/s1. The maximum Gasteiger partial charge on any atom is 0.313 e. The molecule has 5 rings (SSSR count). The van der Waals surface area contributed by atoms with Crippen molar-refractivity contribution in [3.05, 3.63) is 48.6 Å². The smallest absolute Gasteiger partial charge is 0.313 e. The predicted molar refractivity (Wildman–Crippen MR) is 74.7 cm³/mol. The molecule has 1 aliphatic carbocycles. The molecule has 7 atom stereocenters. The highest BCUT2D eigenvalue weighted by Crippen LogP contribution is 2.50. The van der Waals surface area contributed by atoms with Gasteiger partial charge in [0.15, 0.2) is 0 Å². The van der Waals surface area contributed by atoms with E-state index in [0.717, 1.165) is 0 Å². The molecule has 4 aliphatic rings. The molecule has 1 saturated carbocycles. The van der Waals surface area contributed by atoms with Gasteiger partial charge >= 0.3 is 5.97 Å². The van der Waals surface area contributed by atoms with E-state index in [9.17, 15) is 10.2 Å². The van der Waals surface area contributed by atoms with Crippen molar-refractivity contribution in [1.82, 2.24) is 0 Å². The molecular weight excluding hydrogens is 288 g/mol. The molecule has 0 spiro atoms. The Morgan fingerprint density at radius 3 is 2.23 bits per heavy atom. The van der Waals surface area contributed by atoms with Crippen LogP contribution in [0.5, 0.6) is 0 Å². The van der Waals surface area contributed by atoms with E-state index in [0.29, 0.717) is 5.56 Å². The summed E-state index contributed by atoms with van der Waals surface area (Å²) in [5.74, 6) is -1.40. The number of benzene rings is 1. The highest BCUT2D eigenvalue weighted by molar-refractivity contribution is 5.22. The molecule has 2 N–H and O–H groups in total. The molecule has 1 aromatic rings. The van der Waals surface area contributed by atoms with Gasteiger partial charge in [0.25, 0.3) is 0 Å². The number of aliphatic hydroxyl groups excluding tert-OH is 2. The molecule has 0 amide bonds. The lowest BCUT2D eigenvalue weighted by Crippen LogP contribution is -2.78. The zero-order valence-electron chi connectivity index (χ0n) is 11.9. The van der Waals surface area contributed by atoms with Crippen molar-refractivity contribution in [3.63, 3.8) is 0 Å². The number of aliphatic hydroxyl groups is 2. The van der Waals surface area contributed by atoms with E-state index >= 15 is 0 Å². The van der Waals surface area contributed by atoms with Gasteiger partial charge in [0.05, 0.1) is 6.61 Å². The minimum atomic E-state index is -1.40. The first-order valence-electron chi connectivity index (χ1n) is 7.34. The van der Waals surface area contributed by atoms with E-state index < -0.39 is 42.6 Å². The van der Waals surface area contributed by atoms with Crippen LogP contribution in [0.25, 0.3) is 0 Å². The molecule has 22 heavy (non-hydrogen) atoms. The molecule has 6 heteroatoms. The Morgan fingerprint density at radius 1 is 1.05 bits per heavy atom. The van der Waals surface area contributed by atoms with E-state index in [-0.39, 0.29) is 6.61 Å². The summed E-state index contributed by atoms with van der Waals surface area (Å²) in [6, 6.07) is 9.23. The summed E-state index contributed by atoms with van der Waals surface area (Å²) in [5, 5.41) is 20.7. The Morgan fingerprint density at radius 2 is 1.64 bits per heavy atom. The van der Waals surface area contributed by atoms with Crippen molar-refractivity contribution in [2.45, 2.75) is 42.6 Å². The molecule has 1 aromatic carbocycles. The van der Waals surface area contributed by atoms with Gasteiger partial charge < -0.3 is 29.2 Å². The molecular formula is C16H18O6. The first-order valence-corrected chi connectivity index (χ1v) is 7.34. The SMILES string of the molecule is C=CCOC1[C@H]2OC3(c4ccccc4)OC([C@@H]2O)[C@H](O)[C@H]1O3. The van der Waals surface area contributed by atoms with Crippen molar-refractivity contribution in [3.8, 4) is 0 Å². The van der Waals surface area contributed by atoms with Gasteiger partial charge in [-0.25, -0.2) is 0 Å². The maximum absolute atomic E-state index is 10.4. The topological polar surface area (TPSA) is 77.4 Å². The monoisotopic (exact) mass is 306 g/mol. The number of hydrogen-bond donors (Lipinski definition) is 2. The second kappa shape index (κ2) is 5.13. The Balaban J connectivity index is 1.70. The van der Waals surface area contributed by atoms with Crippen LogP contribution in [0.2, 0.25) is 0 Å². The molecule has 3 unspecified atom stereocenters. The number of ether oxygens (including phenoxy) is 4. The van der Waals surface area contributed by atoms with Gasteiger partial charge in [-0.2, -0.15) is 0 Å². The van der Waals surface area contributed by atoms with E-state index in [1.165, 1.54) is 0 Å². The van der Waals surface area contributed by atoms with Crippen molar-refractivity contribution in [2.75, 3.05) is 6.61 Å². The quantitative estimate of drug-likeness (QED) is 0.779. The van der Waals surface area contributed by atoms with Gasteiger partial charge in [0.1, 0.15) is 36.6 Å². The molecule has 118 valence electrons. The van der Waals surface area contributed by atoms with Gasteiger partial charge in [0, 0.05) is 5.56 Å². The second-order valence-corrected chi connectivity index (χ2v) is 5.74. The summed E-state index contributed by atoms with van der Waals surface area (Å²) in [5.41, 5.74) is 0.691. The van der Waals surface area contributed by atoms with Gasteiger partial charge in [0.2, 0.25) is 0 Å². The highest BCUT2D eigenvalue weighted by atomic mass is 16.9. The normalized spacial score (nSPS) is 45.9. The lowest BCUT2D eigenvalue weighted by atomic mass is 9.81. The summed E-state index contributed by atoms with van der Waals surface area (Å²) in [4.78, 5) is 0. The zero-order chi connectivity index (χ0) is 15.3. The Bertz CT molecular complexity index is 541. The zero-order valence-corrected chi connectivity index (χ0v) is 11.9. The van der Waals surface area contributed by atoms with Crippen LogP contribution in [0, 0.1) is 0 Å². The minimum absolute atomic E-state index is 0.285. The van der Waals surface area contributed by atoms with Crippen LogP contribution in [0.4, 0.5) is 0 Å². The third-order valence-corrected chi connectivity index (χ3v) is 4.40. The Hall–Kier alpha value is -1.28. The van der Waals surface area contributed by atoms with Crippen molar-refractivity contribution < 1.29 is 29.2 Å². The largest absolute Gasteiger partial charge is 0.387 e. The van der Waals surface area contributed by atoms with Gasteiger partial charge in [-0.1, -0.05) is 36.4 Å². The van der Waals surface area contributed by atoms with Gasteiger partial charge in [-0.3, -0.25) is 0 Å². The fraction of sp³-hybridized carbons (Fsp3) is 0.500. The number of hydrogen-bond acceptors (Lipinski definition) is 6. The molecule has 3 heterocycles. The summed E-state index contributed by atoms with van der Waals surface area (Å²) in [6.45, 7) is 3.89. The second-order valence-electron chi connectivity index (χ2n) is 5.74. The Kier molecular flexibility index (Phi) is 3.34. The first kappa shape index (κ1) is 14.3. The van der Waals surface area contributed by atoms with Crippen LogP contribution < -0.4 is 0 Å².